The summed E-state index contributed by atoms with van der Waals surface area (Å²) < 4.78 is 7.38. The molecule has 0 atom stereocenters. The minimum Gasteiger partial charge on any atom is -0.482 e. The molecule has 0 aliphatic heterocycles. The number of rotatable bonds is 4. The third-order valence-electron chi connectivity index (χ3n) is 3.32. The Hall–Kier alpha value is -1.53. The first-order chi connectivity index (χ1) is 10.8. The SMILES string of the molecule is Cc1cc(C)c(NC(=O)COc2c(C)cc(Br)cc2Br)c(N)c1. The van der Waals surface area contributed by atoms with Crippen molar-refractivity contribution in [3.05, 3.63) is 49.9 Å². The second-order valence-corrected chi connectivity index (χ2v) is 7.19. The Kier molecular flexibility index (Phi) is 5.70. The molecule has 0 radical (unpaired) electrons. The van der Waals surface area contributed by atoms with Crippen molar-refractivity contribution in [3.8, 4) is 5.75 Å². The van der Waals surface area contributed by atoms with Crippen LogP contribution in [0.25, 0.3) is 0 Å². The van der Waals surface area contributed by atoms with E-state index in [1.807, 2.05) is 45.0 Å². The van der Waals surface area contributed by atoms with E-state index in [0.717, 1.165) is 25.6 Å². The molecule has 0 spiro atoms. The molecule has 2 aromatic rings. The lowest BCUT2D eigenvalue weighted by Gasteiger charge is -2.14. The van der Waals surface area contributed by atoms with E-state index in [2.05, 4.69) is 37.2 Å². The summed E-state index contributed by atoms with van der Waals surface area (Å²) in [5.74, 6) is 0.398. The number of amides is 1. The molecule has 23 heavy (non-hydrogen) atoms. The molecule has 0 unspecified atom stereocenters. The number of carbonyl (C=O) groups is 1. The molecule has 0 aromatic heterocycles. The van der Waals surface area contributed by atoms with Gasteiger partial charge < -0.3 is 15.8 Å². The van der Waals surface area contributed by atoms with Gasteiger partial charge in [-0.2, -0.15) is 0 Å². The van der Waals surface area contributed by atoms with E-state index in [4.69, 9.17) is 10.5 Å². The summed E-state index contributed by atoms with van der Waals surface area (Å²) in [6.07, 6.45) is 0. The Bertz CT molecular complexity index is 714. The standard InChI is InChI=1S/C17H18Br2N2O2/c1-9-4-10(2)16(14(20)5-9)21-15(22)8-23-17-11(3)6-12(18)7-13(17)19/h4-7H,8,20H2,1-3H3,(H,21,22). The van der Waals surface area contributed by atoms with E-state index in [0.29, 0.717) is 17.1 Å². The van der Waals surface area contributed by atoms with Crippen molar-refractivity contribution in [2.75, 3.05) is 17.7 Å². The lowest BCUT2D eigenvalue weighted by molar-refractivity contribution is -0.118. The number of halogens is 2. The zero-order valence-corrected chi connectivity index (χ0v) is 16.3. The smallest absolute Gasteiger partial charge is 0.262 e. The van der Waals surface area contributed by atoms with Crippen LogP contribution in [0.5, 0.6) is 5.75 Å². The van der Waals surface area contributed by atoms with Gasteiger partial charge in [0.05, 0.1) is 15.8 Å². The highest BCUT2D eigenvalue weighted by Crippen LogP contribution is 2.32. The van der Waals surface area contributed by atoms with Gasteiger partial charge in [0.15, 0.2) is 6.61 Å². The average Bonchev–Trinajstić information content (AvgIpc) is 2.41. The number of anilines is 2. The van der Waals surface area contributed by atoms with Crippen LogP contribution in [0.3, 0.4) is 0 Å². The second-order valence-electron chi connectivity index (χ2n) is 5.42. The minimum atomic E-state index is -0.252. The number of ether oxygens (including phenoxy) is 1. The fourth-order valence-corrected chi connectivity index (χ4v) is 3.91. The van der Waals surface area contributed by atoms with Gasteiger partial charge in [-0.1, -0.05) is 22.0 Å². The van der Waals surface area contributed by atoms with Crippen molar-refractivity contribution in [2.24, 2.45) is 0 Å². The molecular formula is C17H18Br2N2O2. The predicted molar refractivity (Wildman–Crippen MR) is 101 cm³/mol. The minimum absolute atomic E-state index is 0.0895. The van der Waals surface area contributed by atoms with Crippen molar-refractivity contribution >= 4 is 49.1 Å². The summed E-state index contributed by atoms with van der Waals surface area (Å²) in [4.78, 5) is 12.1. The van der Waals surface area contributed by atoms with E-state index < -0.39 is 0 Å². The molecule has 4 nitrogen and oxygen atoms in total. The van der Waals surface area contributed by atoms with E-state index in [1.165, 1.54) is 0 Å². The fourth-order valence-electron chi connectivity index (χ4n) is 2.36. The Morgan fingerprint density at radius 1 is 1.13 bits per heavy atom. The van der Waals surface area contributed by atoms with Crippen molar-refractivity contribution in [2.45, 2.75) is 20.8 Å². The maximum absolute atomic E-state index is 12.1. The monoisotopic (exact) mass is 440 g/mol. The number of hydrogen-bond acceptors (Lipinski definition) is 3. The quantitative estimate of drug-likeness (QED) is 0.673. The third-order valence-corrected chi connectivity index (χ3v) is 4.36. The van der Waals surface area contributed by atoms with Crippen molar-refractivity contribution in [1.82, 2.24) is 0 Å². The molecule has 6 heteroatoms. The molecule has 0 fully saturated rings. The van der Waals surface area contributed by atoms with E-state index in [9.17, 15) is 4.79 Å². The molecular weight excluding hydrogens is 424 g/mol. The number of nitrogen functional groups attached to an aromatic ring is 1. The first-order valence-corrected chi connectivity index (χ1v) is 8.61. The molecule has 0 saturated heterocycles. The topological polar surface area (TPSA) is 64.3 Å². The number of hydrogen-bond donors (Lipinski definition) is 2. The Labute approximate surface area is 152 Å². The lowest BCUT2D eigenvalue weighted by Crippen LogP contribution is -2.21. The van der Waals surface area contributed by atoms with Crippen LogP contribution in [0.4, 0.5) is 11.4 Å². The summed E-state index contributed by atoms with van der Waals surface area (Å²) in [6.45, 7) is 5.71. The van der Waals surface area contributed by atoms with Gasteiger partial charge in [-0.25, -0.2) is 0 Å². The van der Waals surface area contributed by atoms with Crippen LogP contribution in [0.1, 0.15) is 16.7 Å². The van der Waals surface area contributed by atoms with Gasteiger partial charge in [0, 0.05) is 4.47 Å². The summed E-state index contributed by atoms with van der Waals surface area (Å²) >= 11 is 6.85. The first-order valence-electron chi connectivity index (χ1n) is 7.03. The second kappa shape index (κ2) is 7.36. The van der Waals surface area contributed by atoms with Crippen LogP contribution < -0.4 is 15.8 Å². The first kappa shape index (κ1) is 17.8. The van der Waals surface area contributed by atoms with Crippen LogP contribution in [-0.4, -0.2) is 12.5 Å². The fraction of sp³-hybridized carbons (Fsp3) is 0.235. The summed E-state index contributed by atoms with van der Waals surface area (Å²) in [6, 6.07) is 7.61. The van der Waals surface area contributed by atoms with E-state index >= 15 is 0 Å². The molecule has 0 bridgehead atoms. The molecule has 0 aliphatic rings. The highest BCUT2D eigenvalue weighted by Gasteiger charge is 2.12. The van der Waals surface area contributed by atoms with E-state index in [-0.39, 0.29) is 12.5 Å². The highest BCUT2D eigenvalue weighted by atomic mass is 79.9. The molecule has 0 aliphatic carbocycles. The molecule has 0 saturated carbocycles. The number of carbonyl (C=O) groups excluding carboxylic acids is 1. The number of aryl methyl sites for hydroxylation is 3. The van der Waals surface area contributed by atoms with Gasteiger partial charge in [0.1, 0.15) is 5.75 Å². The summed E-state index contributed by atoms with van der Waals surface area (Å²) in [5.41, 5.74) is 10.1. The molecule has 3 N–H and O–H groups in total. The van der Waals surface area contributed by atoms with Crippen LogP contribution >= 0.6 is 31.9 Å². The van der Waals surface area contributed by atoms with Crippen LogP contribution in [0, 0.1) is 20.8 Å². The average molecular weight is 442 g/mol. The van der Waals surface area contributed by atoms with Gasteiger partial charge >= 0.3 is 0 Å². The number of nitrogens with one attached hydrogen (secondary N) is 1. The maximum Gasteiger partial charge on any atom is 0.262 e. The van der Waals surface area contributed by atoms with Crippen molar-refractivity contribution < 1.29 is 9.53 Å². The summed E-state index contributed by atoms with van der Waals surface area (Å²) in [7, 11) is 0. The molecule has 122 valence electrons. The molecule has 2 rings (SSSR count). The van der Waals surface area contributed by atoms with E-state index in [1.54, 1.807) is 0 Å². The van der Waals surface area contributed by atoms with Crippen LogP contribution in [0.15, 0.2) is 33.2 Å². The van der Waals surface area contributed by atoms with Gasteiger partial charge in [-0.15, -0.1) is 0 Å². The van der Waals surface area contributed by atoms with Gasteiger partial charge in [0.25, 0.3) is 5.91 Å². The van der Waals surface area contributed by atoms with Crippen LogP contribution in [-0.2, 0) is 4.79 Å². The largest absolute Gasteiger partial charge is 0.482 e. The predicted octanol–water partition coefficient (Wildman–Crippen LogP) is 4.74. The lowest BCUT2D eigenvalue weighted by atomic mass is 10.1. The van der Waals surface area contributed by atoms with Crippen LogP contribution in [0.2, 0.25) is 0 Å². The normalized spacial score (nSPS) is 10.5. The maximum atomic E-state index is 12.1. The molecule has 0 heterocycles. The number of benzene rings is 2. The van der Waals surface area contributed by atoms with Gasteiger partial charge in [-0.05, 0) is 71.6 Å². The van der Waals surface area contributed by atoms with Crippen molar-refractivity contribution in [1.29, 1.82) is 0 Å². The third kappa shape index (κ3) is 4.48. The zero-order chi connectivity index (χ0) is 17.1. The number of nitrogens with two attached hydrogens (primary N) is 1. The van der Waals surface area contributed by atoms with Crippen molar-refractivity contribution in [3.63, 3.8) is 0 Å². The van der Waals surface area contributed by atoms with Gasteiger partial charge in [0.2, 0.25) is 0 Å². The molecule has 1 amide bonds. The molecule has 2 aromatic carbocycles. The Morgan fingerprint density at radius 2 is 1.83 bits per heavy atom. The highest BCUT2D eigenvalue weighted by molar-refractivity contribution is 9.11. The Morgan fingerprint density at radius 3 is 2.43 bits per heavy atom. The Balaban J connectivity index is 2.07. The zero-order valence-electron chi connectivity index (χ0n) is 13.2. The van der Waals surface area contributed by atoms with Gasteiger partial charge in [-0.3, -0.25) is 4.79 Å². The summed E-state index contributed by atoms with van der Waals surface area (Å²) in [5, 5.41) is 2.81.